The van der Waals surface area contributed by atoms with E-state index in [1.807, 2.05) is 31.2 Å². The second kappa shape index (κ2) is 9.87. The van der Waals surface area contributed by atoms with Crippen LogP contribution in [0.15, 0.2) is 24.3 Å². The average Bonchev–Trinajstić information content (AvgIpc) is 3.17. The largest absolute Gasteiger partial charge is 0.354 e. The number of rotatable bonds is 6. The Morgan fingerprint density at radius 2 is 2.04 bits per heavy atom. The zero-order valence-electron chi connectivity index (χ0n) is 15.8. The van der Waals surface area contributed by atoms with Crippen molar-refractivity contribution in [1.29, 1.82) is 0 Å². The Morgan fingerprint density at radius 3 is 2.74 bits per heavy atom. The first-order valence-electron chi connectivity index (χ1n) is 9.49. The van der Waals surface area contributed by atoms with E-state index in [9.17, 15) is 13.2 Å². The van der Waals surface area contributed by atoms with Crippen LogP contribution < -0.4 is 10.6 Å². The number of hydrogen-bond donors (Lipinski definition) is 2. The summed E-state index contributed by atoms with van der Waals surface area (Å²) < 4.78 is 27.3. The maximum Gasteiger partial charge on any atom is 0.237 e. The number of amides is 1. The fourth-order valence-electron chi connectivity index (χ4n) is 3.78. The highest BCUT2D eigenvalue weighted by Crippen LogP contribution is 2.22. The third-order valence-electron chi connectivity index (χ3n) is 5.42. The molecule has 2 aliphatic rings. The molecule has 2 unspecified atom stereocenters. The first-order chi connectivity index (χ1) is 12.5. The Labute approximate surface area is 168 Å². The van der Waals surface area contributed by atoms with Crippen molar-refractivity contribution in [1.82, 2.24) is 14.9 Å². The first kappa shape index (κ1) is 22.1. The number of nitrogens with one attached hydrogen (secondary N) is 2. The Hall–Kier alpha value is -1.15. The maximum atomic E-state index is 12.8. The van der Waals surface area contributed by atoms with E-state index >= 15 is 0 Å². The highest BCUT2D eigenvalue weighted by Gasteiger charge is 2.30. The molecule has 0 saturated carbocycles. The summed E-state index contributed by atoms with van der Waals surface area (Å²) in [5, 5.41) is 6.19. The number of halogens is 1. The SMILES string of the molecule is Cc1ccccc1CS(=O)(=O)N1CCCC(CNC(=O)C2CCCN2)C1.Cl. The van der Waals surface area contributed by atoms with Gasteiger partial charge in [-0.15, -0.1) is 12.4 Å². The molecule has 0 aromatic heterocycles. The van der Waals surface area contributed by atoms with E-state index in [1.165, 1.54) is 0 Å². The van der Waals surface area contributed by atoms with E-state index in [-0.39, 0.29) is 36.0 Å². The van der Waals surface area contributed by atoms with Crippen LogP contribution in [0.25, 0.3) is 0 Å². The van der Waals surface area contributed by atoms with E-state index < -0.39 is 10.0 Å². The highest BCUT2D eigenvalue weighted by molar-refractivity contribution is 7.88. The Morgan fingerprint density at radius 1 is 1.26 bits per heavy atom. The highest BCUT2D eigenvalue weighted by atomic mass is 35.5. The predicted molar refractivity (Wildman–Crippen MR) is 109 cm³/mol. The van der Waals surface area contributed by atoms with Gasteiger partial charge in [0.25, 0.3) is 0 Å². The molecule has 0 spiro atoms. The van der Waals surface area contributed by atoms with Crippen molar-refractivity contribution in [3.63, 3.8) is 0 Å². The van der Waals surface area contributed by atoms with Crippen LogP contribution in [-0.4, -0.2) is 50.9 Å². The van der Waals surface area contributed by atoms with Crippen molar-refractivity contribution in [2.24, 2.45) is 5.92 Å². The second-order valence-corrected chi connectivity index (χ2v) is 9.41. The summed E-state index contributed by atoms with van der Waals surface area (Å²) in [7, 11) is -3.34. The standard InChI is InChI=1S/C19H29N3O3S.ClH/c1-15-6-2-3-8-17(15)14-26(24,25)22-11-5-7-16(13-22)12-21-19(23)18-9-4-10-20-18;/h2-3,6,8,16,18,20H,4-5,7,9-14H2,1H3,(H,21,23);1H. The lowest BCUT2D eigenvalue weighted by molar-refractivity contribution is -0.123. The molecular formula is C19H30ClN3O3S. The van der Waals surface area contributed by atoms with Gasteiger partial charge in [0, 0.05) is 19.6 Å². The summed E-state index contributed by atoms with van der Waals surface area (Å²) in [4.78, 5) is 12.1. The van der Waals surface area contributed by atoms with Crippen LogP contribution in [0.2, 0.25) is 0 Å². The van der Waals surface area contributed by atoms with Crippen LogP contribution >= 0.6 is 12.4 Å². The van der Waals surface area contributed by atoms with Gasteiger partial charge in [-0.25, -0.2) is 12.7 Å². The van der Waals surface area contributed by atoms with E-state index in [1.54, 1.807) is 4.31 Å². The molecule has 2 N–H and O–H groups in total. The van der Waals surface area contributed by atoms with Gasteiger partial charge in [0.15, 0.2) is 0 Å². The number of benzene rings is 1. The number of piperidine rings is 1. The van der Waals surface area contributed by atoms with Crippen LogP contribution in [0.3, 0.4) is 0 Å². The van der Waals surface area contributed by atoms with Crippen molar-refractivity contribution in [2.75, 3.05) is 26.2 Å². The lowest BCUT2D eigenvalue weighted by Gasteiger charge is -2.32. The van der Waals surface area contributed by atoms with Crippen LogP contribution in [-0.2, 0) is 20.6 Å². The van der Waals surface area contributed by atoms with E-state index in [2.05, 4.69) is 10.6 Å². The quantitative estimate of drug-likeness (QED) is 0.742. The Kier molecular flexibility index (Phi) is 8.09. The Bertz CT molecular complexity index is 735. The third kappa shape index (κ3) is 5.91. The fraction of sp³-hybridized carbons (Fsp3) is 0.632. The first-order valence-corrected chi connectivity index (χ1v) is 11.1. The van der Waals surface area contributed by atoms with E-state index in [0.717, 1.165) is 43.4 Å². The lowest BCUT2D eigenvalue weighted by atomic mass is 9.99. The monoisotopic (exact) mass is 415 g/mol. The summed E-state index contributed by atoms with van der Waals surface area (Å²) in [6.45, 7) is 4.45. The van der Waals surface area contributed by atoms with Gasteiger partial charge in [0.2, 0.25) is 15.9 Å². The zero-order chi connectivity index (χ0) is 18.6. The molecule has 0 bridgehead atoms. The summed E-state index contributed by atoms with van der Waals surface area (Å²) >= 11 is 0. The minimum Gasteiger partial charge on any atom is -0.354 e. The number of hydrogen-bond acceptors (Lipinski definition) is 4. The molecule has 0 radical (unpaired) electrons. The van der Waals surface area contributed by atoms with Gasteiger partial charge >= 0.3 is 0 Å². The van der Waals surface area contributed by atoms with E-state index in [0.29, 0.717) is 19.6 Å². The fourth-order valence-corrected chi connectivity index (χ4v) is 5.53. The minimum atomic E-state index is -3.34. The van der Waals surface area contributed by atoms with E-state index in [4.69, 9.17) is 0 Å². The second-order valence-electron chi connectivity index (χ2n) is 7.44. The van der Waals surface area contributed by atoms with Crippen LogP contribution in [0.5, 0.6) is 0 Å². The molecular weight excluding hydrogens is 386 g/mol. The van der Waals surface area contributed by atoms with Crippen LogP contribution in [0.1, 0.15) is 36.8 Å². The Balaban J connectivity index is 0.00000261. The lowest BCUT2D eigenvalue weighted by Crippen LogP contribution is -2.46. The molecule has 2 heterocycles. The summed E-state index contributed by atoms with van der Waals surface area (Å²) in [5.74, 6) is 0.272. The molecule has 2 atom stereocenters. The van der Waals surface area contributed by atoms with Gasteiger partial charge < -0.3 is 10.6 Å². The third-order valence-corrected chi connectivity index (χ3v) is 7.21. The molecule has 2 aliphatic heterocycles. The number of aryl methyl sites for hydroxylation is 1. The molecule has 6 nitrogen and oxygen atoms in total. The van der Waals surface area contributed by atoms with Gasteiger partial charge in [0.1, 0.15) is 0 Å². The van der Waals surface area contributed by atoms with Crippen molar-refractivity contribution in [3.05, 3.63) is 35.4 Å². The number of nitrogens with zero attached hydrogens (tertiary/aromatic N) is 1. The van der Waals surface area contributed by atoms with Gasteiger partial charge in [-0.1, -0.05) is 24.3 Å². The number of sulfonamides is 1. The van der Waals surface area contributed by atoms with Gasteiger partial charge in [-0.05, 0) is 56.2 Å². The summed E-state index contributed by atoms with van der Waals surface area (Å²) in [5.41, 5.74) is 1.86. The van der Waals surface area contributed by atoms with Crippen LogP contribution in [0, 0.1) is 12.8 Å². The van der Waals surface area contributed by atoms with Crippen molar-refractivity contribution in [2.45, 2.75) is 44.4 Å². The normalized spacial score (nSPS) is 23.6. The number of carbonyl (C=O) groups is 1. The molecule has 8 heteroatoms. The van der Waals surface area contributed by atoms with Crippen molar-refractivity contribution >= 4 is 28.3 Å². The topological polar surface area (TPSA) is 78.5 Å². The summed E-state index contributed by atoms with van der Waals surface area (Å²) in [6, 6.07) is 7.53. The molecule has 1 aromatic carbocycles. The molecule has 2 fully saturated rings. The predicted octanol–water partition coefficient (Wildman–Crippen LogP) is 1.83. The van der Waals surface area contributed by atoms with Gasteiger partial charge in [-0.2, -0.15) is 0 Å². The smallest absolute Gasteiger partial charge is 0.237 e. The van der Waals surface area contributed by atoms with Crippen LogP contribution in [0.4, 0.5) is 0 Å². The molecule has 2 saturated heterocycles. The zero-order valence-corrected chi connectivity index (χ0v) is 17.4. The van der Waals surface area contributed by atoms with Crippen molar-refractivity contribution < 1.29 is 13.2 Å². The minimum absolute atomic E-state index is 0. The average molecular weight is 416 g/mol. The van der Waals surface area contributed by atoms with Gasteiger partial charge in [0.05, 0.1) is 11.8 Å². The van der Waals surface area contributed by atoms with Gasteiger partial charge in [-0.3, -0.25) is 4.79 Å². The maximum absolute atomic E-state index is 12.8. The molecule has 27 heavy (non-hydrogen) atoms. The van der Waals surface area contributed by atoms with Crippen molar-refractivity contribution in [3.8, 4) is 0 Å². The summed E-state index contributed by atoms with van der Waals surface area (Å²) in [6.07, 6.45) is 3.71. The molecule has 0 aliphatic carbocycles. The number of carbonyl (C=O) groups excluding carboxylic acids is 1. The molecule has 3 rings (SSSR count). The molecule has 152 valence electrons. The molecule has 1 aromatic rings. The molecule has 1 amide bonds.